The zero-order valence-electron chi connectivity index (χ0n) is 12.0. The second kappa shape index (κ2) is 6.64. The molecule has 0 radical (unpaired) electrons. The van der Waals surface area contributed by atoms with E-state index in [9.17, 15) is 4.79 Å². The van der Waals surface area contributed by atoms with Crippen LogP contribution in [0, 0.1) is 0 Å². The van der Waals surface area contributed by atoms with Crippen molar-refractivity contribution in [1.29, 1.82) is 0 Å². The second-order valence-corrected chi connectivity index (χ2v) is 6.83. The third-order valence-electron chi connectivity index (χ3n) is 3.41. The Hall–Kier alpha value is -1.00. The molecule has 1 aromatic carbocycles. The lowest BCUT2D eigenvalue weighted by Crippen LogP contribution is -2.26. The number of alkyl halides is 1. The minimum atomic E-state index is -0.281. The Morgan fingerprint density at radius 1 is 1.35 bits per heavy atom. The van der Waals surface area contributed by atoms with Crippen molar-refractivity contribution in [2.24, 2.45) is 0 Å². The van der Waals surface area contributed by atoms with Crippen molar-refractivity contribution in [3.05, 3.63) is 40.4 Å². The van der Waals surface area contributed by atoms with Gasteiger partial charge in [0, 0.05) is 11.8 Å². The maximum atomic E-state index is 12.6. The van der Waals surface area contributed by atoms with Crippen LogP contribution in [-0.2, 0) is 6.54 Å². The Labute approximate surface area is 128 Å². The van der Waals surface area contributed by atoms with Crippen LogP contribution in [0.3, 0.4) is 0 Å². The molecule has 0 saturated heterocycles. The predicted molar refractivity (Wildman–Crippen MR) is 87.9 cm³/mol. The zero-order chi connectivity index (χ0) is 14.7. The maximum Gasteiger partial charge on any atom is 0.261 e. The molecule has 0 aliphatic heterocycles. The molecule has 20 heavy (non-hydrogen) atoms. The van der Waals surface area contributed by atoms with Gasteiger partial charge in [-0.1, -0.05) is 19.1 Å². The summed E-state index contributed by atoms with van der Waals surface area (Å²) in [7, 11) is 0. The number of rotatable bonds is 5. The van der Waals surface area contributed by atoms with Crippen LogP contribution in [-0.4, -0.2) is 21.1 Å². The number of hydrogen-bond donors (Lipinski definition) is 0. The smallest absolute Gasteiger partial charge is 0.261 e. The highest BCUT2D eigenvalue weighted by Gasteiger charge is 2.15. The van der Waals surface area contributed by atoms with Gasteiger partial charge in [0.25, 0.3) is 5.56 Å². The SMILES string of the molecule is CSC(C)CCn1c(C(C)Cl)nc2ccccc2c1=O. The molecule has 0 aliphatic rings. The number of para-hydroxylation sites is 1. The monoisotopic (exact) mass is 310 g/mol. The first-order valence-electron chi connectivity index (χ1n) is 6.71. The van der Waals surface area contributed by atoms with E-state index in [0.717, 1.165) is 6.42 Å². The molecule has 2 unspecified atom stereocenters. The van der Waals surface area contributed by atoms with Crippen molar-refractivity contribution in [3.63, 3.8) is 0 Å². The van der Waals surface area contributed by atoms with E-state index in [4.69, 9.17) is 11.6 Å². The number of fused-ring (bicyclic) bond motifs is 1. The van der Waals surface area contributed by atoms with Gasteiger partial charge >= 0.3 is 0 Å². The molecule has 1 heterocycles. The summed E-state index contributed by atoms with van der Waals surface area (Å²) < 4.78 is 1.73. The maximum absolute atomic E-state index is 12.6. The van der Waals surface area contributed by atoms with Gasteiger partial charge in [0.05, 0.1) is 16.3 Å². The summed E-state index contributed by atoms with van der Waals surface area (Å²) in [4.78, 5) is 17.2. The molecule has 3 nitrogen and oxygen atoms in total. The van der Waals surface area contributed by atoms with Crippen molar-refractivity contribution in [3.8, 4) is 0 Å². The number of aromatic nitrogens is 2. The van der Waals surface area contributed by atoms with Crippen molar-refractivity contribution in [2.45, 2.75) is 37.4 Å². The topological polar surface area (TPSA) is 34.9 Å². The Morgan fingerprint density at radius 2 is 2.05 bits per heavy atom. The van der Waals surface area contributed by atoms with Crippen LogP contribution < -0.4 is 5.56 Å². The number of nitrogens with zero attached hydrogens (tertiary/aromatic N) is 2. The highest BCUT2D eigenvalue weighted by Crippen LogP contribution is 2.20. The Kier molecular flexibility index (Phi) is 5.11. The number of halogens is 1. The third-order valence-corrected chi connectivity index (χ3v) is 4.64. The van der Waals surface area contributed by atoms with Gasteiger partial charge in [-0.15, -0.1) is 11.6 Å². The molecule has 108 valence electrons. The molecule has 2 aromatic rings. The fraction of sp³-hybridized carbons (Fsp3) is 0.467. The minimum absolute atomic E-state index is 0.00593. The zero-order valence-corrected chi connectivity index (χ0v) is 13.5. The molecule has 0 bridgehead atoms. The Balaban J connectivity index is 2.52. The lowest BCUT2D eigenvalue weighted by Gasteiger charge is -2.16. The molecule has 2 rings (SSSR count). The van der Waals surface area contributed by atoms with Gasteiger partial charge in [0.1, 0.15) is 5.82 Å². The summed E-state index contributed by atoms with van der Waals surface area (Å²) in [5, 5.41) is 0.883. The normalized spacial score (nSPS) is 14.4. The van der Waals surface area contributed by atoms with Gasteiger partial charge in [-0.3, -0.25) is 9.36 Å². The Morgan fingerprint density at radius 3 is 2.70 bits per heavy atom. The molecule has 2 atom stereocenters. The first-order chi connectivity index (χ1) is 9.54. The molecule has 0 saturated carbocycles. The largest absolute Gasteiger partial charge is 0.295 e. The standard InChI is InChI=1S/C15H19ClN2OS/c1-10(20-3)8-9-18-14(11(2)16)17-13-7-5-4-6-12(13)15(18)19/h4-7,10-11H,8-9H2,1-3H3. The van der Waals surface area contributed by atoms with Gasteiger partial charge in [0.15, 0.2) is 0 Å². The molecular formula is C15H19ClN2OS. The van der Waals surface area contributed by atoms with E-state index in [2.05, 4.69) is 18.2 Å². The molecule has 0 amide bonds. The first kappa shape index (κ1) is 15.4. The summed E-state index contributed by atoms with van der Waals surface area (Å²) in [5.41, 5.74) is 0.723. The highest BCUT2D eigenvalue weighted by molar-refractivity contribution is 7.99. The molecule has 0 N–H and O–H groups in total. The molecule has 1 aromatic heterocycles. The van der Waals surface area contributed by atoms with Gasteiger partial charge < -0.3 is 0 Å². The summed E-state index contributed by atoms with van der Waals surface area (Å²) in [5.74, 6) is 0.656. The average molecular weight is 311 g/mol. The fourth-order valence-electron chi connectivity index (χ4n) is 2.13. The van der Waals surface area contributed by atoms with Gasteiger partial charge in [-0.05, 0) is 31.7 Å². The molecule has 0 aliphatic carbocycles. The van der Waals surface area contributed by atoms with Crippen LogP contribution in [0.4, 0.5) is 0 Å². The van der Waals surface area contributed by atoms with E-state index < -0.39 is 0 Å². The third kappa shape index (κ3) is 3.18. The van der Waals surface area contributed by atoms with Crippen molar-refractivity contribution in [2.75, 3.05) is 6.26 Å². The molecule has 0 fully saturated rings. The Bertz CT molecular complexity index is 654. The van der Waals surface area contributed by atoms with Crippen LogP contribution in [0.2, 0.25) is 0 Å². The summed E-state index contributed by atoms with van der Waals surface area (Å²) >= 11 is 8.00. The first-order valence-corrected chi connectivity index (χ1v) is 8.43. The van der Waals surface area contributed by atoms with E-state index in [1.165, 1.54) is 0 Å². The summed E-state index contributed by atoms with van der Waals surface area (Å²) in [6.45, 7) is 4.67. The second-order valence-electron chi connectivity index (χ2n) is 4.89. The summed E-state index contributed by atoms with van der Waals surface area (Å²) in [6, 6.07) is 7.43. The van der Waals surface area contributed by atoms with E-state index in [1.54, 1.807) is 16.3 Å². The van der Waals surface area contributed by atoms with Crippen molar-refractivity contribution >= 4 is 34.3 Å². The van der Waals surface area contributed by atoms with Crippen LogP contribution in [0.1, 0.15) is 31.5 Å². The van der Waals surface area contributed by atoms with Crippen LogP contribution in [0.25, 0.3) is 10.9 Å². The molecule has 5 heteroatoms. The van der Waals surface area contributed by atoms with Crippen molar-refractivity contribution in [1.82, 2.24) is 9.55 Å². The highest BCUT2D eigenvalue weighted by atomic mass is 35.5. The lowest BCUT2D eigenvalue weighted by molar-refractivity contribution is 0.582. The van der Waals surface area contributed by atoms with E-state index in [-0.39, 0.29) is 10.9 Å². The number of hydrogen-bond acceptors (Lipinski definition) is 3. The quantitative estimate of drug-likeness (QED) is 0.787. The van der Waals surface area contributed by atoms with Gasteiger partial charge in [-0.25, -0.2) is 4.98 Å². The average Bonchev–Trinajstić information content (AvgIpc) is 2.45. The lowest BCUT2D eigenvalue weighted by atomic mass is 10.2. The predicted octanol–water partition coefficient (Wildman–Crippen LogP) is 3.84. The minimum Gasteiger partial charge on any atom is -0.295 e. The van der Waals surface area contributed by atoms with Crippen LogP contribution in [0.5, 0.6) is 0 Å². The van der Waals surface area contributed by atoms with Crippen LogP contribution >= 0.6 is 23.4 Å². The molecular weight excluding hydrogens is 292 g/mol. The van der Waals surface area contributed by atoms with E-state index in [1.807, 2.05) is 31.2 Å². The number of benzene rings is 1. The van der Waals surface area contributed by atoms with Crippen molar-refractivity contribution < 1.29 is 0 Å². The molecule has 0 spiro atoms. The van der Waals surface area contributed by atoms with Gasteiger partial charge in [0.2, 0.25) is 0 Å². The van der Waals surface area contributed by atoms with E-state index >= 15 is 0 Å². The summed E-state index contributed by atoms with van der Waals surface area (Å²) in [6.07, 6.45) is 3.01. The number of thioether (sulfide) groups is 1. The van der Waals surface area contributed by atoms with Crippen LogP contribution in [0.15, 0.2) is 29.1 Å². The fourth-order valence-corrected chi connectivity index (χ4v) is 2.64. The van der Waals surface area contributed by atoms with Gasteiger partial charge in [-0.2, -0.15) is 11.8 Å². The van der Waals surface area contributed by atoms with E-state index in [0.29, 0.717) is 28.5 Å².